The second kappa shape index (κ2) is 6.33. The highest BCUT2D eigenvalue weighted by molar-refractivity contribution is 5.83. The molecule has 0 bridgehead atoms. The van der Waals surface area contributed by atoms with Crippen molar-refractivity contribution in [3.63, 3.8) is 0 Å². The largest absolute Gasteiger partial charge is 0.493 e. The van der Waals surface area contributed by atoms with Gasteiger partial charge in [-0.1, -0.05) is 6.92 Å². The lowest BCUT2D eigenvalue weighted by molar-refractivity contribution is -0.385. The average Bonchev–Trinajstić information content (AvgIpc) is 2.43. The Bertz CT molecular complexity index is 512. The number of nitro groups is 1. The van der Waals surface area contributed by atoms with Crippen LogP contribution in [-0.4, -0.2) is 35.6 Å². The van der Waals surface area contributed by atoms with Gasteiger partial charge in [-0.2, -0.15) is 0 Å². The van der Waals surface area contributed by atoms with Crippen LogP contribution in [-0.2, 0) is 0 Å². The molecular formula is C13H17NO6. The molecule has 0 saturated carbocycles. The monoisotopic (exact) mass is 283 g/mol. The third-order valence-corrected chi connectivity index (χ3v) is 2.94. The lowest BCUT2D eigenvalue weighted by atomic mass is 10.1. The third-order valence-electron chi connectivity index (χ3n) is 2.94. The third kappa shape index (κ3) is 3.67. The molecule has 0 aromatic heterocycles. The number of aliphatic hydroxyl groups is 1. The molecule has 0 fully saturated rings. The number of nitro benzene ring substituents is 1. The first-order valence-corrected chi connectivity index (χ1v) is 6.01. The number of aldehydes is 1. The fourth-order valence-corrected chi connectivity index (χ4v) is 1.43. The normalized spacial score (nSPS) is 13.4. The summed E-state index contributed by atoms with van der Waals surface area (Å²) in [5.74, 6) is 0.308. The standard InChI is InChI=1S/C13H17NO6/c1-4-13(2,16)8-20-12-6-10(14(17)18)9(7-15)5-11(12)19-3/h5-7,16H,4,8H2,1-3H3. The van der Waals surface area contributed by atoms with Gasteiger partial charge in [0, 0.05) is 6.07 Å². The summed E-state index contributed by atoms with van der Waals surface area (Å²) in [6, 6.07) is 2.36. The van der Waals surface area contributed by atoms with E-state index in [4.69, 9.17) is 9.47 Å². The fraction of sp³-hybridized carbons (Fsp3) is 0.462. The molecule has 1 aromatic rings. The molecule has 0 aliphatic heterocycles. The van der Waals surface area contributed by atoms with Gasteiger partial charge in [-0.25, -0.2) is 0 Å². The summed E-state index contributed by atoms with van der Waals surface area (Å²) >= 11 is 0. The van der Waals surface area contributed by atoms with Crippen LogP contribution in [0, 0.1) is 10.1 Å². The average molecular weight is 283 g/mol. The summed E-state index contributed by atoms with van der Waals surface area (Å²) in [5, 5.41) is 20.8. The number of ether oxygens (including phenoxy) is 2. The Morgan fingerprint density at radius 2 is 2.10 bits per heavy atom. The summed E-state index contributed by atoms with van der Waals surface area (Å²) in [6.07, 6.45) is 0.844. The van der Waals surface area contributed by atoms with E-state index in [1.54, 1.807) is 13.8 Å². The van der Waals surface area contributed by atoms with Gasteiger partial charge >= 0.3 is 0 Å². The molecule has 20 heavy (non-hydrogen) atoms. The van der Waals surface area contributed by atoms with Crippen LogP contribution in [0.2, 0.25) is 0 Å². The fourth-order valence-electron chi connectivity index (χ4n) is 1.43. The Kier molecular flexibility index (Phi) is 5.04. The predicted octanol–water partition coefficient (Wildman–Crippen LogP) is 1.96. The number of methoxy groups -OCH3 is 1. The summed E-state index contributed by atoms with van der Waals surface area (Å²) < 4.78 is 10.4. The van der Waals surface area contributed by atoms with Crippen molar-refractivity contribution in [1.82, 2.24) is 0 Å². The Morgan fingerprint density at radius 1 is 1.45 bits per heavy atom. The maximum atomic E-state index is 10.9. The number of hydrogen-bond donors (Lipinski definition) is 1. The van der Waals surface area contributed by atoms with E-state index in [1.165, 1.54) is 13.2 Å². The van der Waals surface area contributed by atoms with Gasteiger partial charge in [-0.3, -0.25) is 14.9 Å². The highest BCUT2D eigenvalue weighted by Gasteiger charge is 2.23. The van der Waals surface area contributed by atoms with E-state index in [9.17, 15) is 20.0 Å². The second-order valence-corrected chi connectivity index (χ2v) is 4.58. The van der Waals surface area contributed by atoms with Gasteiger partial charge in [-0.15, -0.1) is 0 Å². The summed E-state index contributed by atoms with van der Waals surface area (Å²) in [7, 11) is 1.36. The van der Waals surface area contributed by atoms with Crippen LogP contribution in [0.5, 0.6) is 11.5 Å². The molecule has 0 heterocycles. The minimum Gasteiger partial charge on any atom is -0.493 e. The van der Waals surface area contributed by atoms with Crippen molar-refractivity contribution < 1.29 is 24.3 Å². The molecular weight excluding hydrogens is 266 g/mol. The van der Waals surface area contributed by atoms with E-state index in [0.717, 1.165) is 6.07 Å². The zero-order valence-electron chi connectivity index (χ0n) is 11.6. The molecule has 110 valence electrons. The first-order valence-electron chi connectivity index (χ1n) is 6.01. The van der Waals surface area contributed by atoms with Crippen LogP contribution in [0.3, 0.4) is 0 Å². The molecule has 0 aliphatic carbocycles. The van der Waals surface area contributed by atoms with Crippen LogP contribution < -0.4 is 9.47 Å². The Labute approximate surface area is 116 Å². The zero-order chi connectivity index (χ0) is 15.3. The van der Waals surface area contributed by atoms with Gasteiger partial charge in [0.25, 0.3) is 5.69 Å². The van der Waals surface area contributed by atoms with Crippen molar-refractivity contribution in [1.29, 1.82) is 0 Å². The first-order chi connectivity index (χ1) is 9.34. The molecule has 0 spiro atoms. The molecule has 1 rings (SSSR count). The van der Waals surface area contributed by atoms with E-state index in [1.807, 2.05) is 0 Å². The molecule has 0 radical (unpaired) electrons. The quantitative estimate of drug-likeness (QED) is 0.466. The molecule has 0 aliphatic rings. The van der Waals surface area contributed by atoms with Crippen molar-refractivity contribution in [2.45, 2.75) is 25.9 Å². The predicted molar refractivity (Wildman–Crippen MR) is 71.4 cm³/mol. The summed E-state index contributed by atoms with van der Waals surface area (Å²) in [5.41, 5.74) is -1.52. The lowest BCUT2D eigenvalue weighted by Crippen LogP contribution is -2.31. The molecule has 0 amide bonds. The molecule has 1 aromatic carbocycles. The van der Waals surface area contributed by atoms with Crippen LogP contribution in [0.1, 0.15) is 30.6 Å². The Balaban J connectivity index is 3.14. The molecule has 1 atom stereocenters. The van der Waals surface area contributed by atoms with Crippen molar-refractivity contribution in [2.75, 3.05) is 13.7 Å². The minimum absolute atomic E-state index is 0.0442. The number of carbonyl (C=O) groups is 1. The van der Waals surface area contributed by atoms with Gasteiger partial charge in [0.2, 0.25) is 0 Å². The Hall–Kier alpha value is -2.15. The highest BCUT2D eigenvalue weighted by Crippen LogP contribution is 2.34. The highest BCUT2D eigenvalue weighted by atomic mass is 16.6. The van der Waals surface area contributed by atoms with E-state index >= 15 is 0 Å². The van der Waals surface area contributed by atoms with Crippen LogP contribution in [0.15, 0.2) is 12.1 Å². The summed E-state index contributed by atoms with van der Waals surface area (Å²) in [4.78, 5) is 21.1. The van der Waals surface area contributed by atoms with Crippen molar-refractivity contribution in [3.8, 4) is 11.5 Å². The SMILES string of the molecule is CCC(C)(O)COc1cc([N+](=O)[O-])c(C=O)cc1OC. The number of benzene rings is 1. The first kappa shape index (κ1) is 15.9. The number of rotatable bonds is 7. The molecule has 7 heteroatoms. The molecule has 0 saturated heterocycles. The van der Waals surface area contributed by atoms with Gasteiger partial charge in [0.1, 0.15) is 6.61 Å². The van der Waals surface area contributed by atoms with Crippen molar-refractivity contribution >= 4 is 12.0 Å². The second-order valence-electron chi connectivity index (χ2n) is 4.58. The van der Waals surface area contributed by atoms with E-state index < -0.39 is 10.5 Å². The van der Waals surface area contributed by atoms with Gasteiger partial charge in [-0.05, 0) is 13.3 Å². The van der Waals surface area contributed by atoms with Crippen molar-refractivity contribution in [2.24, 2.45) is 0 Å². The van der Waals surface area contributed by atoms with Crippen molar-refractivity contribution in [3.05, 3.63) is 27.8 Å². The number of hydrogen-bond acceptors (Lipinski definition) is 6. The maximum Gasteiger partial charge on any atom is 0.283 e. The van der Waals surface area contributed by atoms with Crippen LogP contribution >= 0.6 is 0 Å². The Morgan fingerprint density at radius 3 is 2.55 bits per heavy atom. The lowest BCUT2D eigenvalue weighted by Gasteiger charge is -2.22. The maximum absolute atomic E-state index is 10.9. The van der Waals surface area contributed by atoms with Gasteiger partial charge in [0.15, 0.2) is 17.8 Å². The van der Waals surface area contributed by atoms with E-state index in [0.29, 0.717) is 12.7 Å². The van der Waals surface area contributed by atoms with Gasteiger partial charge in [0.05, 0.1) is 29.3 Å². The minimum atomic E-state index is -1.05. The number of carbonyl (C=O) groups excluding carboxylic acids is 1. The molecule has 7 nitrogen and oxygen atoms in total. The van der Waals surface area contributed by atoms with E-state index in [2.05, 4.69) is 0 Å². The van der Waals surface area contributed by atoms with Crippen LogP contribution in [0.25, 0.3) is 0 Å². The van der Waals surface area contributed by atoms with E-state index in [-0.39, 0.29) is 29.4 Å². The van der Waals surface area contributed by atoms with Gasteiger partial charge < -0.3 is 14.6 Å². The smallest absolute Gasteiger partial charge is 0.283 e. The molecule has 1 unspecified atom stereocenters. The zero-order valence-corrected chi connectivity index (χ0v) is 11.6. The summed E-state index contributed by atoms with van der Waals surface area (Å²) in [6.45, 7) is 3.34. The number of nitrogens with zero attached hydrogens (tertiary/aromatic N) is 1. The molecule has 1 N–H and O–H groups in total. The topological polar surface area (TPSA) is 98.9 Å². The van der Waals surface area contributed by atoms with Crippen LogP contribution in [0.4, 0.5) is 5.69 Å².